The second-order valence-electron chi connectivity index (χ2n) is 6.00. The third-order valence-corrected chi connectivity index (χ3v) is 4.58. The van der Waals surface area contributed by atoms with Gasteiger partial charge >= 0.3 is 6.09 Å². The third kappa shape index (κ3) is 4.35. The topological polar surface area (TPSA) is 44.8 Å². The average molecular weight is 283 g/mol. The molecule has 2 fully saturated rings. The smallest absolute Gasteiger partial charge is 0.409 e. The van der Waals surface area contributed by atoms with Gasteiger partial charge in [-0.05, 0) is 46.2 Å². The van der Waals surface area contributed by atoms with Crippen LogP contribution < -0.4 is 5.32 Å². The summed E-state index contributed by atoms with van der Waals surface area (Å²) in [5.41, 5.74) is 0. The minimum absolute atomic E-state index is 0.155. The number of carbonyl (C=O) groups is 1. The van der Waals surface area contributed by atoms with E-state index in [0.29, 0.717) is 18.7 Å². The van der Waals surface area contributed by atoms with Crippen LogP contribution in [0.4, 0.5) is 4.79 Å². The van der Waals surface area contributed by atoms with Gasteiger partial charge in [-0.1, -0.05) is 6.42 Å². The number of carbonyl (C=O) groups excluding carboxylic acids is 1. The first-order valence-electron chi connectivity index (χ1n) is 8.06. The van der Waals surface area contributed by atoms with Gasteiger partial charge in [0.05, 0.1) is 6.61 Å². The lowest BCUT2D eigenvalue weighted by molar-refractivity contribution is 0.0936. The lowest BCUT2D eigenvalue weighted by atomic mass is 10.0. The highest BCUT2D eigenvalue weighted by molar-refractivity contribution is 5.67. The number of hydrogen-bond acceptors (Lipinski definition) is 4. The van der Waals surface area contributed by atoms with Gasteiger partial charge in [0.1, 0.15) is 0 Å². The molecule has 2 saturated heterocycles. The third-order valence-electron chi connectivity index (χ3n) is 4.58. The predicted octanol–water partition coefficient (Wildman–Crippen LogP) is 1.68. The Bertz CT molecular complexity index is 303. The Balaban J connectivity index is 1.65. The Kier molecular flexibility index (Phi) is 6.10. The average Bonchev–Trinajstić information content (AvgIpc) is 2.47. The molecule has 1 N–H and O–H groups in total. The molecule has 20 heavy (non-hydrogen) atoms. The maximum Gasteiger partial charge on any atom is 0.409 e. The maximum absolute atomic E-state index is 11.6. The van der Waals surface area contributed by atoms with E-state index in [9.17, 15) is 4.79 Å². The summed E-state index contributed by atoms with van der Waals surface area (Å²) in [5.74, 6) is 0. The van der Waals surface area contributed by atoms with Crippen LogP contribution in [-0.2, 0) is 4.74 Å². The summed E-state index contributed by atoms with van der Waals surface area (Å²) < 4.78 is 5.05. The SMILES string of the molecule is CCOC(=O)N1CCC(NCC2CCCCN2C)CC1. The fourth-order valence-electron chi connectivity index (χ4n) is 3.19. The molecule has 2 rings (SSSR count). The Hall–Kier alpha value is -0.810. The van der Waals surface area contributed by atoms with Crippen LogP contribution in [0, 0.1) is 0 Å². The number of ether oxygens (including phenoxy) is 1. The van der Waals surface area contributed by atoms with Crippen LogP contribution in [0.1, 0.15) is 39.0 Å². The molecule has 2 heterocycles. The van der Waals surface area contributed by atoms with Crippen molar-refractivity contribution in [2.45, 2.75) is 51.1 Å². The van der Waals surface area contributed by atoms with Gasteiger partial charge in [-0.25, -0.2) is 4.79 Å². The maximum atomic E-state index is 11.6. The summed E-state index contributed by atoms with van der Waals surface area (Å²) in [4.78, 5) is 15.9. The van der Waals surface area contributed by atoms with Crippen molar-refractivity contribution in [2.24, 2.45) is 0 Å². The normalized spacial score (nSPS) is 25.7. The predicted molar refractivity (Wildman–Crippen MR) is 79.9 cm³/mol. The van der Waals surface area contributed by atoms with Crippen molar-refractivity contribution < 1.29 is 9.53 Å². The molecule has 0 bridgehead atoms. The van der Waals surface area contributed by atoms with E-state index in [-0.39, 0.29) is 6.09 Å². The highest BCUT2D eigenvalue weighted by Gasteiger charge is 2.25. The van der Waals surface area contributed by atoms with Crippen molar-refractivity contribution in [3.8, 4) is 0 Å². The molecule has 0 spiro atoms. The first kappa shape index (κ1) is 15.6. The van der Waals surface area contributed by atoms with Crippen molar-refractivity contribution in [1.29, 1.82) is 0 Å². The van der Waals surface area contributed by atoms with Crippen LogP contribution in [0.5, 0.6) is 0 Å². The molecule has 2 aliphatic rings. The number of rotatable bonds is 4. The van der Waals surface area contributed by atoms with Crippen LogP contribution in [0.15, 0.2) is 0 Å². The zero-order chi connectivity index (χ0) is 14.4. The molecular formula is C15H29N3O2. The fourth-order valence-corrected chi connectivity index (χ4v) is 3.19. The zero-order valence-corrected chi connectivity index (χ0v) is 12.9. The molecular weight excluding hydrogens is 254 g/mol. The molecule has 0 aliphatic carbocycles. The van der Waals surface area contributed by atoms with E-state index < -0.39 is 0 Å². The summed E-state index contributed by atoms with van der Waals surface area (Å²) in [7, 11) is 2.23. The van der Waals surface area contributed by atoms with E-state index in [1.54, 1.807) is 0 Å². The van der Waals surface area contributed by atoms with Gasteiger partial charge in [-0.3, -0.25) is 0 Å². The summed E-state index contributed by atoms with van der Waals surface area (Å²) in [6.45, 7) is 6.26. The standard InChI is InChI=1S/C15H29N3O2/c1-3-20-15(19)18-10-7-13(8-11-18)16-12-14-6-4-5-9-17(14)2/h13-14,16H,3-12H2,1-2H3. The van der Waals surface area contributed by atoms with E-state index in [2.05, 4.69) is 17.3 Å². The van der Waals surface area contributed by atoms with Crippen molar-refractivity contribution in [3.63, 3.8) is 0 Å². The molecule has 0 aromatic heterocycles. The minimum Gasteiger partial charge on any atom is -0.450 e. The van der Waals surface area contributed by atoms with Gasteiger partial charge in [-0.15, -0.1) is 0 Å². The van der Waals surface area contributed by atoms with Crippen LogP contribution >= 0.6 is 0 Å². The number of nitrogens with one attached hydrogen (secondary N) is 1. The number of hydrogen-bond donors (Lipinski definition) is 1. The molecule has 5 heteroatoms. The van der Waals surface area contributed by atoms with E-state index in [1.165, 1.54) is 25.8 Å². The van der Waals surface area contributed by atoms with Crippen molar-refractivity contribution >= 4 is 6.09 Å². The summed E-state index contributed by atoms with van der Waals surface area (Å²) in [6.07, 6.45) is 5.93. The van der Waals surface area contributed by atoms with Crippen LogP contribution in [0.25, 0.3) is 0 Å². The van der Waals surface area contributed by atoms with Gasteiger partial charge in [0, 0.05) is 31.7 Å². The van der Waals surface area contributed by atoms with Gasteiger partial charge < -0.3 is 19.9 Å². The molecule has 0 aromatic carbocycles. The number of likely N-dealkylation sites (tertiary alicyclic amines) is 2. The molecule has 0 aromatic rings. The molecule has 1 unspecified atom stereocenters. The van der Waals surface area contributed by atoms with Gasteiger partial charge in [0.15, 0.2) is 0 Å². The monoisotopic (exact) mass is 283 g/mol. The Labute approximate surface area is 122 Å². The fraction of sp³-hybridized carbons (Fsp3) is 0.933. The molecule has 0 radical (unpaired) electrons. The van der Waals surface area contributed by atoms with Gasteiger partial charge in [-0.2, -0.15) is 0 Å². The molecule has 0 saturated carbocycles. The van der Waals surface area contributed by atoms with E-state index in [0.717, 1.165) is 32.5 Å². The Morgan fingerprint density at radius 3 is 2.60 bits per heavy atom. The lowest BCUT2D eigenvalue weighted by Gasteiger charge is -2.36. The summed E-state index contributed by atoms with van der Waals surface area (Å²) >= 11 is 0. The van der Waals surface area contributed by atoms with Gasteiger partial charge in [0.25, 0.3) is 0 Å². The number of piperidine rings is 2. The van der Waals surface area contributed by atoms with Crippen LogP contribution in [-0.4, -0.2) is 67.8 Å². The van der Waals surface area contributed by atoms with Gasteiger partial charge in [0.2, 0.25) is 0 Å². The molecule has 2 aliphatic heterocycles. The molecule has 5 nitrogen and oxygen atoms in total. The first-order valence-corrected chi connectivity index (χ1v) is 8.06. The van der Waals surface area contributed by atoms with Crippen molar-refractivity contribution in [3.05, 3.63) is 0 Å². The van der Waals surface area contributed by atoms with E-state index >= 15 is 0 Å². The zero-order valence-electron chi connectivity index (χ0n) is 12.9. The highest BCUT2D eigenvalue weighted by atomic mass is 16.6. The van der Waals surface area contributed by atoms with E-state index in [1.807, 2.05) is 11.8 Å². The quantitative estimate of drug-likeness (QED) is 0.852. The van der Waals surface area contributed by atoms with Crippen molar-refractivity contribution in [1.82, 2.24) is 15.1 Å². The molecule has 116 valence electrons. The van der Waals surface area contributed by atoms with E-state index in [4.69, 9.17) is 4.74 Å². The van der Waals surface area contributed by atoms with Crippen LogP contribution in [0.2, 0.25) is 0 Å². The number of amides is 1. The minimum atomic E-state index is -0.155. The second-order valence-corrected chi connectivity index (χ2v) is 6.00. The molecule has 1 atom stereocenters. The number of likely N-dealkylation sites (N-methyl/N-ethyl adjacent to an activating group) is 1. The summed E-state index contributed by atoms with van der Waals surface area (Å²) in [6, 6.07) is 1.24. The first-order chi connectivity index (χ1) is 9.70. The lowest BCUT2D eigenvalue weighted by Crippen LogP contribution is -2.49. The Morgan fingerprint density at radius 1 is 1.20 bits per heavy atom. The van der Waals surface area contributed by atoms with Crippen LogP contribution in [0.3, 0.4) is 0 Å². The molecule has 1 amide bonds. The largest absolute Gasteiger partial charge is 0.450 e. The number of nitrogens with zero attached hydrogens (tertiary/aromatic N) is 2. The van der Waals surface area contributed by atoms with Crippen molar-refractivity contribution in [2.75, 3.05) is 39.8 Å². The Morgan fingerprint density at radius 2 is 1.95 bits per heavy atom. The summed E-state index contributed by atoms with van der Waals surface area (Å²) in [5, 5.41) is 3.69. The highest BCUT2D eigenvalue weighted by Crippen LogP contribution is 2.16. The second kappa shape index (κ2) is 7.84.